The zero-order valence-corrected chi connectivity index (χ0v) is 20.2. The number of nitro groups is 1. The lowest BCUT2D eigenvalue weighted by Crippen LogP contribution is -2.10. The molecule has 0 aliphatic rings. The number of pyridine rings is 1. The van der Waals surface area contributed by atoms with E-state index in [4.69, 9.17) is 4.98 Å². The summed E-state index contributed by atoms with van der Waals surface area (Å²) in [5, 5.41) is 14.7. The number of thiazole rings is 1. The topological polar surface area (TPSA) is 107 Å². The van der Waals surface area contributed by atoms with E-state index in [9.17, 15) is 10.1 Å². The van der Waals surface area contributed by atoms with Crippen molar-refractivity contribution in [1.29, 1.82) is 0 Å². The van der Waals surface area contributed by atoms with E-state index >= 15 is 0 Å². The van der Waals surface area contributed by atoms with Gasteiger partial charge in [-0.25, -0.2) is 15.0 Å². The standard InChI is InChI=1S/C26H22N6O2S/c1-15-9-21(12-28-26(15)32(33)34)19-6-4-5-18(10-19)16(2)30-25-22(13-27-17(3)31-25)20-7-8-23-24(11-20)35-14-29-23/h4-14,16H,1-3H3,(H,27,30,31)/t16-/m0/s1. The smallest absolute Gasteiger partial charge is 0.363 e. The molecule has 0 saturated carbocycles. The molecule has 0 aliphatic carbocycles. The van der Waals surface area contributed by atoms with Gasteiger partial charge < -0.3 is 15.4 Å². The molecular formula is C26H22N6O2S. The van der Waals surface area contributed by atoms with Crippen molar-refractivity contribution in [3.05, 3.63) is 93.5 Å². The second kappa shape index (κ2) is 9.19. The average Bonchev–Trinajstić information content (AvgIpc) is 3.32. The summed E-state index contributed by atoms with van der Waals surface area (Å²) in [6, 6.07) is 16.0. The third-order valence-electron chi connectivity index (χ3n) is 5.85. The second-order valence-corrected chi connectivity index (χ2v) is 9.21. The van der Waals surface area contributed by atoms with Gasteiger partial charge in [-0.15, -0.1) is 11.3 Å². The van der Waals surface area contributed by atoms with Crippen LogP contribution in [0.1, 0.15) is 29.9 Å². The molecule has 174 valence electrons. The molecule has 0 radical (unpaired) electrons. The molecule has 9 heteroatoms. The van der Waals surface area contributed by atoms with Gasteiger partial charge in [-0.2, -0.15) is 0 Å². The molecule has 5 rings (SSSR count). The van der Waals surface area contributed by atoms with Crippen molar-refractivity contribution in [1.82, 2.24) is 19.9 Å². The summed E-state index contributed by atoms with van der Waals surface area (Å²) in [6.07, 6.45) is 3.39. The van der Waals surface area contributed by atoms with Crippen LogP contribution >= 0.6 is 11.3 Å². The van der Waals surface area contributed by atoms with E-state index in [1.165, 1.54) is 0 Å². The molecule has 5 aromatic rings. The van der Waals surface area contributed by atoms with Gasteiger partial charge in [-0.1, -0.05) is 24.3 Å². The van der Waals surface area contributed by atoms with Gasteiger partial charge in [0.15, 0.2) is 0 Å². The summed E-state index contributed by atoms with van der Waals surface area (Å²) in [4.78, 5) is 28.2. The Hall–Kier alpha value is -4.24. The second-order valence-electron chi connectivity index (χ2n) is 8.33. The SMILES string of the molecule is Cc1ncc(-c2ccc3ncsc3c2)c(N[C@@H](C)c2cccc(-c3cnc([N+](=O)[O-])c(C)c3)c2)n1. The number of rotatable bonds is 6. The minimum absolute atomic E-state index is 0.0535. The molecule has 0 unspecified atom stereocenters. The van der Waals surface area contributed by atoms with E-state index in [-0.39, 0.29) is 11.9 Å². The number of nitrogens with one attached hydrogen (secondary N) is 1. The number of hydrogen-bond donors (Lipinski definition) is 1. The molecule has 8 nitrogen and oxygen atoms in total. The Morgan fingerprint density at radius 2 is 1.83 bits per heavy atom. The highest BCUT2D eigenvalue weighted by Crippen LogP contribution is 2.33. The normalized spacial score (nSPS) is 12.0. The Labute approximate surface area is 205 Å². The van der Waals surface area contributed by atoms with Gasteiger partial charge in [0.25, 0.3) is 0 Å². The first-order chi connectivity index (χ1) is 16.9. The minimum Gasteiger partial charge on any atom is -0.363 e. The molecule has 0 amide bonds. The van der Waals surface area contributed by atoms with Crippen LogP contribution in [0.15, 0.2) is 66.4 Å². The van der Waals surface area contributed by atoms with Gasteiger partial charge in [0.1, 0.15) is 17.8 Å². The third kappa shape index (κ3) is 4.58. The maximum atomic E-state index is 11.1. The predicted molar refractivity (Wildman–Crippen MR) is 138 cm³/mol. The monoisotopic (exact) mass is 482 g/mol. The van der Waals surface area contributed by atoms with Crippen molar-refractivity contribution in [2.24, 2.45) is 0 Å². The summed E-state index contributed by atoms with van der Waals surface area (Å²) < 4.78 is 1.11. The Bertz CT molecular complexity index is 1570. The van der Waals surface area contributed by atoms with E-state index in [0.717, 1.165) is 43.9 Å². The largest absolute Gasteiger partial charge is 0.366 e. The molecule has 0 spiro atoms. The van der Waals surface area contributed by atoms with Gasteiger partial charge in [0, 0.05) is 28.9 Å². The van der Waals surface area contributed by atoms with Crippen LogP contribution in [0.4, 0.5) is 11.6 Å². The van der Waals surface area contributed by atoms with Crippen molar-refractivity contribution in [2.75, 3.05) is 5.32 Å². The van der Waals surface area contributed by atoms with Crippen LogP contribution in [0.2, 0.25) is 0 Å². The summed E-state index contributed by atoms with van der Waals surface area (Å²) in [5.74, 6) is 1.32. The van der Waals surface area contributed by atoms with Crippen molar-refractivity contribution < 1.29 is 4.92 Å². The van der Waals surface area contributed by atoms with Crippen LogP contribution in [0.25, 0.3) is 32.5 Å². The van der Waals surface area contributed by atoms with Gasteiger partial charge >= 0.3 is 5.82 Å². The first-order valence-corrected chi connectivity index (χ1v) is 11.9. The highest BCUT2D eigenvalue weighted by Gasteiger charge is 2.16. The fourth-order valence-electron chi connectivity index (χ4n) is 4.01. The maximum absolute atomic E-state index is 11.1. The molecule has 35 heavy (non-hydrogen) atoms. The molecule has 0 aliphatic heterocycles. The van der Waals surface area contributed by atoms with Gasteiger partial charge in [-0.3, -0.25) is 0 Å². The lowest BCUT2D eigenvalue weighted by molar-refractivity contribution is -0.390. The average molecular weight is 483 g/mol. The zero-order valence-electron chi connectivity index (χ0n) is 19.4. The summed E-state index contributed by atoms with van der Waals surface area (Å²) >= 11 is 1.60. The minimum atomic E-state index is -0.463. The number of hydrogen-bond acceptors (Lipinski definition) is 8. The summed E-state index contributed by atoms with van der Waals surface area (Å²) in [6.45, 7) is 5.65. The van der Waals surface area contributed by atoms with E-state index < -0.39 is 4.92 Å². The lowest BCUT2D eigenvalue weighted by atomic mass is 10.00. The van der Waals surface area contributed by atoms with Crippen LogP contribution in [-0.4, -0.2) is 24.9 Å². The Kier molecular flexibility index (Phi) is 5.92. The van der Waals surface area contributed by atoms with Gasteiger partial charge in [0.05, 0.1) is 15.7 Å². The lowest BCUT2D eigenvalue weighted by Gasteiger charge is -2.19. The number of aryl methyl sites for hydroxylation is 2. The number of nitrogens with zero attached hydrogens (tertiary/aromatic N) is 5. The first-order valence-electron chi connectivity index (χ1n) is 11.0. The van der Waals surface area contributed by atoms with Crippen LogP contribution < -0.4 is 5.32 Å². The molecule has 3 aromatic heterocycles. The van der Waals surface area contributed by atoms with E-state index in [2.05, 4.69) is 39.3 Å². The molecule has 1 N–H and O–H groups in total. The van der Waals surface area contributed by atoms with Crippen molar-refractivity contribution in [2.45, 2.75) is 26.8 Å². The Morgan fingerprint density at radius 1 is 0.971 bits per heavy atom. The van der Waals surface area contributed by atoms with E-state index in [1.807, 2.05) is 49.0 Å². The predicted octanol–water partition coefficient (Wildman–Crippen LogP) is 6.51. The molecule has 1 atom stereocenters. The van der Waals surface area contributed by atoms with E-state index in [0.29, 0.717) is 11.4 Å². The fourth-order valence-corrected chi connectivity index (χ4v) is 4.72. The molecule has 0 bridgehead atoms. The molecular weight excluding hydrogens is 460 g/mol. The van der Waals surface area contributed by atoms with Crippen LogP contribution in [0, 0.1) is 24.0 Å². The van der Waals surface area contributed by atoms with Crippen molar-refractivity contribution in [3.63, 3.8) is 0 Å². The molecule has 0 fully saturated rings. The molecule has 3 heterocycles. The fraction of sp³-hybridized carbons (Fsp3) is 0.154. The Balaban J connectivity index is 1.45. The summed E-state index contributed by atoms with van der Waals surface area (Å²) in [5.41, 5.74) is 8.12. The van der Waals surface area contributed by atoms with Gasteiger partial charge in [0.2, 0.25) is 0 Å². The number of aromatic nitrogens is 4. The van der Waals surface area contributed by atoms with E-state index in [1.54, 1.807) is 30.5 Å². The van der Waals surface area contributed by atoms with Crippen LogP contribution in [-0.2, 0) is 0 Å². The van der Waals surface area contributed by atoms with Crippen LogP contribution in [0.3, 0.4) is 0 Å². The zero-order chi connectivity index (χ0) is 24.5. The first kappa shape index (κ1) is 22.5. The number of fused-ring (bicyclic) bond motifs is 1. The molecule has 0 saturated heterocycles. The maximum Gasteiger partial charge on any atom is 0.366 e. The quantitative estimate of drug-likeness (QED) is 0.217. The van der Waals surface area contributed by atoms with Crippen LogP contribution in [0.5, 0.6) is 0 Å². The Morgan fingerprint density at radius 3 is 2.63 bits per heavy atom. The number of anilines is 1. The highest BCUT2D eigenvalue weighted by molar-refractivity contribution is 7.16. The highest BCUT2D eigenvalue weighted by atomic mass is 32.1. The van der Waals surface area contributed by atoms with Crippen molar-refractivity contribution >= 4 is 33.2 Å². The third-order valence-corrected chi connectivity index (χ3v) is 6.64. The summed E-state index contributed by atoms with van der Waals surface area (Å²) in [7, 11) is 0. The number of benzene rings is 2. The van der Waals surface area contributed by atoms with Gasteiger partial charge in [-0.05, 0) is 71.6 Å². The molecule has 2 aromatic carbocycles. The van der Waals surface area contributed by atoms with Crippen molar-refractivity contribution in [3.8, 4) is 22.3 Å².